The number of ether oxygens (including phenoxy) is 1. The number of benzene rings is 2. The Balaban J connectivity index is 1.91. The molecule has 2 heterocycles. The highest BCUT2D eigenvalue weighted by Gasteiger charge is 2.67. The Morgan fingerprint density at radius 2 is 1.86 bits per heavy atom. The molecule has 148 valence electrons. The fraction of sp³-hybridized carbons (Fsp3) is 0.200. The Kier molecular flexibility index (Phi) is 4.59. The van der Waals surface area contributed by atoms with Crippen LogP contribution in [0.3, 0.4) is 0 Å². The van der Waals surface area contributed by atoms with Gasteiger partial charge in [0.15, 0.2) is 11.3 Å². The van der Waals surface area contributed by atoms with E-state index in [-0.39, 0.29) is 16.4 Å². The van der Waals surface area contributed by atoms with Crippen molar-refractivity contribution in [1.82, 2.24) is 5.43 Å². The van der Waals surface area contributed by atoms with Crippen molar-refractivity contribution in [1.29, 1.82) is 0 Å². The third-order valence-corrected chi connectivity index (χ3v) is 5.66. The molecule has 2 aliphatic heterocycles. The summed E-state index contributed by atoms with van der Waals surface area (Å²) in [5, 5.41) is 4.49. The van der Waals surface area contributed by atoms with Crippen LogP contribution in [0.2, 0.25) is 10.0 Å². The van der Waals surface area contributed by atoms with Crippen LogP contribution in [0.1, 0.15) is 11.1 Å². The zero-order valence-corrected chi connectivity index (χ0v) is 16.9. The number of amides is 2. The largest absolute Gasteiger partial charge is 0.464 e. The van der Waals surface area contributed by atoms with Gasteiger partial charge in [-0.25, -0.2) is 9.69 Å². The van der Waals surface area contributed by atoms with Crippen molar-refractivity contribution in [2.45, 2.75) is 12.5 Å². The second-order valence-electron chi connectivity index (χ2n) is 6.78. The number of nitrogens with zero attached hydrogens (tertiary/aromatic N) is 2. The van der Waals surface area contributed by atoms with E-state index >= 15 is 0 Å². The molecule has 4 rings (SSSR count). The summed E-state index contributed by atoms with van der Waals surface area (Å²) < 4.78 is 4.77. The first kappa shape index (κ1) is 19.4. The average Bonchev–Trinajstić information content (AvgIpc) is 3.19. The van der Waals surface area contributed by atoms with Crippen molar-refractivity contribution >= 4 is 52.4 Å². The van der Waals surface area contributed by atoms with Gasteiger partial charge in [0.2, 0.25) is 5.91 Å². The van der Waals surface area contributed by atoms with Crippen molar-refractivity contribution in [3.8, 4) is 0 Å². The number of carbonyl (C=O) groups excluding carboxylic acids is 3. The summed E-state index contributed by atoms with van der Waals surface area (Å²) in [6.45, 7) is 1.90. The lowest BCUT2D eigenvalue weighted by Crippen LogP contribution is -2.48. The number of esters is 1. The minimum absolute atomic E-state index is 0.134. The predicted octanol–water partition coefficient (Wildman–Crippen LogP) is 2.82. The van der Waals surface area contributed by atoms with E-state index in [1.54, 1.807) is 12.1 Å². The van der Waals surface area contributed by atoms with Crippen LogP contribution < -0.4 is 10.3 Å². The van der Waals surface area contributed by atoms with Gasteiger partial charge in [-0.1, -0.05) is 53.0 Å². The number of hydrazone groups is 1. The number of hydrogen-bond donors (Lipinski definition) is 1. The highest BCUT2D eigenvalue weighted by atomic mass is 35.5. The molecule has 2 aliphatic rings. The number of halogens is 2. The highest BCUT2D eigenvalue weighted by Crippen LogP contribution is 2.46. The Bertz CT molecular complexity index is 1080. The van der Waals surface area contributed by atoms with Crippen LogP contribution in [0.4, 0.5) is 5.69 Å². The number of methoxy groups -OCH3 is 1. The van der Waals surface area contributed by atoms with Crippen LogP contribution in [0.25, 0.3) is 0 Å². The molecule has 0 unspecified atom stereocenters. The normalized spacial score (nSPS) is 23.0. The van der Waals surface area contributed by atoms with Gasteiger partial charge in [0, 0.05) is 5.02 Å². The molecule has 0 saturated carbocycles. The van der Waals surface area contributed by atoms with E-state index in [1.165, 1.54) is 25.3 Å². The molecule has 2 aromatic carbocycles. The van der Waals surface area contributed by atoms with Crippen LogP contribution in [-0.2, 0) is 24.7 Å². The van der Waals surface area contributed by atoms with E-state index < -0.39 is 29.2 Å². The van der Waals surface area contributed by atoms with Crippen molar-refractivity contribution in [2.75, 3.05) is 12.0 Å². The minimum atomic E-state index is -1.57. The zero-order chi connectivity index (χ0) is 20.9. The monoisotopic (exact) mass is 431 g/mol. The van der Waals surface area contributed by atoms with Gasteiger partial charge in [-0.05, 0) is 30.7 Å². The fourth-order valence-electron chi connectivity index (χ4n) is 3.69. The van der Waals surface area contributed by atoms with Crippen molar-refractivity contribution in [2.24, 2.45) is 11.0 Å². The first-order valence-corrected chi connectivity index (χ1v) is 9.40. The molecule has 0 radical (unpaired) electrons. The number of nitrogens with one attached hydrogen (secondary N) is 1. The van der Waals surface area contributed by atoms with Gasteiger partial charge < -0.3 is 4.74 Å². The Morgan fingerprint density at radius 1 is 1.17 bits per heavy atom. The molecular formula is C20H15Cl2N3O4. The van der Waals surface area contributed by atoms with Gasteiger partial charge in [0.1, 0.15) is 5.92 Å². The third-order valence-electron chi connectivity index (χ3n) is 5.12. The standard InChI is InChI=1S/C20H15Cl2N3O4/c1-10-3-5-11(6-4-10)20-15(16(23-24-20)18(27)29-2)17(26)25(19(20)28)14-8-7-12(21)9-13(14)22/h3-9,15,24H,1-2H3/t15-,20+/m0/s1. The topological polar surface area (TPSA) is 88.1 Å². The number of carbonyl (C=O) groups is 3. The maximum absolute atomic E-state index is 13.6. The van der Waals surface area contributed by atoms with Gasteiger partial charge in [0.25, 0.3) is 5.91 Å². The first-order valence-electron chi connectivity index (χ1n) is 8.65. The lowest BCUT2D eigenvalue weighted by Gasteiger charge is -2.26. The summed E-state index contributed by atoms with van der Waals surface area (Å²) in [5.74, 6) is -3.21. The molecule has 0 aromatic heterocycles. The van der Waals surface area contributed by atoms with Gasteiger partial charge in [0.05, 0.1) is 17.8 Å². The van der Waals surface area contributed by atoms with Crippen LogP contribution in [0.5, 0.6) is 0 Å². The molecule has 2 atom stereocenters. The molecule has 2 amide bonds. The Labute approximate surface area is 176 Å². The summed E-state index contributed by atoms with van der Waals surface area (Å²) in [6.07, 6.45) is 0. The summed E-state index contributed by atoms with van der Waals surface area (Å²) in [4.78, 5) is 40.3. The molecule has 0 aliphatic carbocycles. The predicted molar refractivity (Wildman–Crippen MR) is 108 cm³/mol. The SMILES string of the molecule is COC(=O)C1=NN[C@@]2(c3ccc(C)cc3)C(=O)N(c3ccc(Cl)cc3Cl)C(=O)[C@H]12. The molecule has 1 fully saturated rings. The summed E-state index contributed by atoms with van der Waals surface area (Å²) in [7, 11) is 1.19. The minimum Gasteiger partial charge on any atom is -0.464 e. The summed E-state index contributed by atoms with van der Waals surface area (Å²) >= 11 is 12.2. The smallest absolute Gasteiger partial charge is 0.355 e. The first-order chi connectivity index (χ1) is 13.8. The lowest BCUT2D eigenvalue weighted by molar-refractivity contribution is -0.133. The molecule has 1 N–H and O–H groups in total. The lowest BCUT2D eigenvalue weighted by atomic mass is 9.78. The Morgan fingerprint density at radius 3 is 2.48 bits per heavy atom. The van der Waals surface area contributed by atoms with E-state index in [0.717, 1.165) is 10.5 Å². The second kappa shape index (κ2) is 6.86. The molecule has 2 aromatic rings. The molecule has 1 saturated heterocycles. The van der Waals surface area contributed by atoms with Crippen molar-refractivity contribution in [3.05, 3.63) is 63.6 Å². The number of fused-ring (bicyclic) bond motifs is 1. The second-order valence-corrected chi connectivity index (χ2v) is 7.63. The fourth-order valence-corrected chi connectivity index (χ4v) is 4.18. The van der Waals surface area contributed by atoms with Crippen LogP contribution in [0.15, 0.2) is 47.6 Å². The molecule has 7 nitrogen and oxygen atoms in total. The van der Waals surface area contributed by atoms with Crippen LogP contribution in [-0.4, -0.2) is 30.6 Å². The number of hydrogen-bond acceptors (Lipinski definition) is 6. The maximum atomic E-state index is 13.6. The molecule has 9 heteroatoms. The maximum Gasteiger partial charge on any atom is 0.355 e. The zero-order valence-electron chi connectivity index (χ0n) is 15.4. The Hall–Kier alpha value is -2.90. The molecule has 0 bridgehead atoms. The van der Waals surface area contributed by atoms with Crippen molar-refractivity contribution in [3.63, 3.8) is 0 Å². The molecular weight excluding hydrogens is 417 g/mol. The van der Waals surface area contributed by atoms with E-state index in [2.05, 4.69) is 10.5 Å². The molecule has 0 spiro atoms. The van der Waals surface area contributed by atoms with Gasteiger partial charge in [-0.2, -0.15) is 5.10 Å². The van der Waals surface area contributed by atoms with Gasteiger partial charge in [-0.15, -0.1) is 0 Å². The number of aryl methyl sites for hydroxylation is 1. The number of rotatable bonds is 3. The highest BCUT2D eigenvalue weighted by molar-refractivity contribution is 6.48. The quantitative estimate of drug-likeness (QED) is 0.596. The molecule has 29 heavy (non-hydrogen) atoms. The van der Waals surface area contributed by atoms with Gasteiger partial charge >= 0.3 is 5.97 Å². The van der Waals surface area contributed by atoms with E-state index in [9.17, 15) is 14.4 Å². The average molecular weight is 432 g/mol. The summed E-state index contributed by atoms with van der Waals surface area (Å²) in [6, 6.07) is 11.5. The van der Waals surface area contributed by atoms with Gasteiger partial charge in [-0.3, -0.25) is 15.0 Å². The van der Waals surface area contributed by atoms with Crippen molar-refractivity contribution < 1.29 is 19.1 Å². The number of imide groups is 1. The van der Waals surface area contributed by atoms with E-state index in [1.807, 2.05) is 19.1 Å². The summed E-state index contributed by atoms with van der Waals surface area (Å²) in [5.41, 5.74) is 2.67. The van der Waals surface area contributed by atoms with Crippen LogP contribution >= 0.6 is 23.2 Å². The van der Waals surface area contributed by atoms with E-state index in [0.29, 0.717) is 10.6 Å². The van der Waals surface area contributed by atoms with Crippen LogP contribution in [0, 0.1) is 12.8 Å². The number of anilines is 1. The van der Waals surface area contributed by atoms with E-state index in [4.69, 9.17) is 27.9 Å². The third kappa shape index (κ3) is 2.73.